The maximum Gasteiger partial charge on any atom is 0.165 e. The highest BCUT2D eigenvalue weighted by molar-refractivity contribution is 5.78. The van der Waals surface area contributed by atoms with E-state index in [0.29, 0.717) is 29.1 Å². The molecule has 3 aromatic rings. The quantitative estimate of drug-likeness (QED) is 0.586. The van der Waals surface area contributed by atoms with Crippen LogP contribution in [0, 0.1) is 17.7 Å². The highest BCUT2D eigenvalue weighted by Gasteiger charge is 2.18. The predicted molar refractivity (Wildman–Crippen MR) is 125 cm³/mol. The second kappa shape index (κ2) is 9.77. The fourth-order valence-electron chi connectivity index (χ4n) is 4.45. The number of fused-ring (bicyclic) bond motifs is 4. The van der Waals surface area contributed by atoms with Gasteiger partial charge in [-0.2, -0.15) is 5.10 Å². The Kier molecular flexibility index (Phi) is 6.86. The minimum atomic E-state index is -0.234. The van der Waals surface area contributed by atoms with E-state index in [4.69, 9.17) is 4.98 Å². The Labute approximate surface area is 184 Å². The molecule has 0 saturated heterocycles. The Hall–Kier alpha value is -2.47. The van der Waals surface area contributed by atoms with Crippen molar-refractivity contribution in [3.8, 4) is 11.1 Å². The highest BCUT2D eigenvalue weighted by atomic mass is 19.1. The van der Waals surface area contributed by atoms with Crippen molar-refractivity contribution in [3.63, 3.8) is 0 Å². The average molecular weight is 424 g/mol. The standard InChI is InChI=1S/C25H34FN5/c1-4-18-13-19-8-9-22(26)20(14-19)21-16-29-31-12-10-24(30-25(21)31)27-11-6-5-7-23(17(2)3)28-15-18/h8-10,12,14,16-18,23,28H,4-7,11,13,15H2,1-3H3,(H,27,30)/t18-,23?/m1/s1. The van der Waals surface area contributed by atoms with E-state index in [1.54, 1.807) is 16.8 Å². The van der Waals surface area contributed by atoms with Crippen LogP contribution in [0.5, 0.6) is 0 Å². The van der Waals surface area contributed by atoms with E-state index < -0.39 is 0 Å². The van der Waals surface area contributed by atoms with Gasteiger partial charge in [-0.1, -0.05) is 39.7 Å². The van der Waals surface area contributed by atoms with Crippen LogP contribution in [0.25, 0.3) is 16.8 Å². The van der Waals surface area contributed by atoms with Crippen molar-refractivity contribution in [1.29, 1.82) is 0 Å². The number of nitrogens with one attached hydrogen (secondary N) is 2. The second-order valence-electron chi connectivity index (χ2n) is 9.11. The van der Waals surface area contributed by atoms with Gasteiger partial charge in [0.25, 0.3) is 0 Å². The molecule has 2 aromatic heterocycles. The molecule has 0 fully saturated rings. The van der Waals surface area contributed by atoms with Crippen LogP contribution in [-0.2, 0) is 6.42 Å². The zero-order chi connectivity index (χ0) is 21.8. The second-order valence-corrected chi connectivity index (χ2v) is 9.11. The molecule has 1 aromatic carbocycles. The van der Waals surface area contributed by atoms with Gasteiger partial charge in [0, 0.05) is 29.9 Å². The van der Waals surface area contributed by atoms with Crippen LogP contribution in [0.2, 0.25) is 0 Å². The summed E-state index contributed by atoms with van der Waals surface area (Å²) in [7, 11) is 0. The average Bonchev–Trinajstić information content (AvgIpc) is 3.18. The number of rotatable bonds is 2. The largest absolute Gasteiger partial charge is 0.370 e. The zero-order valence-electron chi connectivity index (χ0n) is 18.9. The van der Waals surface area contributed by atoms with Gasteiger partial charge in [0.2, 0.25) is 0 Å². The molecule has 4 rings (SSSR count). The number of benzene rings is 1. The van der Waals surface area contributed by atoms with Crippen LogP contribution in [0.15, 0.2) is 36.7 Å². The van der Waals surface area contributed by atoms with Gasteiger partial charge in [0.1, 0.15) is 11.6 Å². The molecule has 0 spiro atoms. The number of hydrogen-bond acceptors (Lipinski definition) is 4. The fourth-order valence-corrected chi connectivity index (χ4v) is 4.45. The molecule has 0 radical (unpaired) electrons. The number of aromatic nitrogens is 3. The maximum atomic E-state index is 14.8. The SMILES string of the molecule is CC[C@H]1CNC(C(C)C)CCCCNc2ccn3ncc(c3n2)-c2cc(ccc2F)C1. The van der Waals surface area contributed by atoms with E-state index in [1.807, 2.05) is 24.4 Å². The van der Waals surface area contributed by atoms with Crippen molar-refractivity contribution in [2.24, 2.45) is 11.8 Å². The first-order valence-corrected chi connectivity index (χ1v) is 11.7. The first kappa shape index (κ1) is 21.8. The topological polar surface area (TPSA) is 54.2 Å². The van der Waals surface area contributed by atoms with Crippen molar-refractivity contribution in [2.75, 3.05) is 18.4 Å². The number of halogens is 1. The van der Waals surface area contributed by atoms with Crippen LogP contribution >= 0.6 is 0 Å². The molecule has 2 atom stereocenters. The van der Waals surface area contributed by atoms with Crippen LogP contribution in [0.4, 0.5) is 10.2 Å². The third kappa shape index (κ3) is 5.06. The molecule has 1 aliphatic heterocycles. The maximum absolute atomic E-state index is 14.8. The molecule has 1 unspecified atom stereocenters. The molecule has 4 bridgehead atoms. The Morgan fingerprint density at radius 2 is 2.06 bits per heavy atom. The molecule has 0 aliphatic carbocycles. The Bertz CT molecular complexity index is 1010. The summed E-state index contributed by atoms with van der Waals surface area (Å²) in [5.41, 5.74) is 3.14. The van der Waals surface area contributed by atoms with Crippen LogP contribution < -0.4 is 10.6 Å². The van der Waals surface area contributed by atoms with Gasteiger partial charge in [-0.25, -0.2) is 13.9 Å². The molecule has 2 N–H and O–H groups in total. The summed E-state index contributed by atoms with van der Waals surface area (Å²) >= 11 is 0. The van der Waals surface area contributed by atoms with Gasteiger partial charge in [0.15, 0.2) is 5.65 Å². The minimum absolute atomic E-state index is 0.234. The van der Waals surface area contributed by atoms with Gasteiger partial charge < -0.3 is 10.6 Å². The van der Waals surface area contributed by atoms with E-state index in [1.165, 1.54) is 12.8 Å². The summed E-state index contributed by atoms with van der Waals surface area (Å²) in [6, 6.07) is 7.93. The summed E-state index contributed by atoms with van der Waals surface area (Å²) in [5, 5.41) is 11.7. The van der Waals surface area contributed by atoms with Crippen LogP contribution in [0.1, 0.15) is 52.0 Å². The summed E-state index contributed by atoms with van der Waals surface area (Å²) < 4.78 is 16.6. The summed E-state index contributed by atoms with van der Waals surface area (Å²) in [5.74, 6) is 1.70. The Morgan fingerprint density at radius 1 is 1.19 bits per heavy atom. The summed E-state index contributed by atoms with van der Waals surface area (Å²) in [6.07, 6.45) is 9.07. The van der Waals surface area contributed by atoms with Crippen molar-refractivity contribution >= 4 is 11.5 Å². The molecule has 1 aliphatic rings. The van der Waals surface area contributed by atoms with Gasteiger partial charge >= 0.3 is 0 Å². The Morgan fingerprint density at radius 3 is 2.87 bits per heavy atom. The molecule has 5 nitrogen and oxygen atoms in total. The first-order chi connectivity index (χ1) is 15.0. The molecule has 0 amide bonds. The third-order valence-corrected chi connectivity index (χ3v) is 6.51. The first-order valence-electron chi connectivity index (χ1n) is 11.7. The summed E-state index contributed by atoms with van der Waals surface area (Å²) in [6.45, 7) is 8.71. The van der Waals surface area contributed by atoms with Crippen molar-refractivity contribution in [3.05, 3.63) is 48.0 Å². The molecule has 6 heteroatoms. The van der Waals surface area contributed by atoms with Crippen molar-refractivity contribution in [1.82, 2.24) is 19.9 Å². The monoisotopic (exact) mass is 423 g/mol. The fraction of sp³-hybridized carbons (Fsp3) is 0.520. The van der Waals surface area contributed by atoms with E-state index in [9.17, 15) is 4.39 Å². The van der Waals surface area contributed by atoms with E-state index >= 15 is 0 Å². The van der Waals surface area contributed by atoms with Gasteiger partial charge in [0.05, 0.1) is 6.20 Å². The Balaban J connectivity index is 1.70. The lowest BCUT2D eigenvalue weighted by Crippen LogP contribution is -2.37. The van der Waals surface area contributed by atoms with E-state index in [-0.39, 0.29) is 5.82 Å². The lowest BCUT2D eigenvalue weighted by molar-refractivity contribution is 0.334. The minimum Gasteiger partial charge on any atom is -0.370 e. The van der Waals surface area contributed by atoms with E-state index in [2.05, 4.69) is 36.5 Å². The lowest BCUT2D eigenvalue weighted by Gasteiger charge is -2.26. The normalized spacial score (nSPS) is 20.7. The van der Waals surface area contributed by atoms with Crippen LogP contribution in [0.3, 0.4) is 0 Å². The molecule has 3 heterocycles. The molecule has 166 valence electrons. The molecule has 0 saturated carbocycles. The third-order valence-electron chi connectivity index (χ3n) is 6.51. The molecule has 31 heavy (non-hydrogen) atoms. The van der Waals surface area contributed by atoms with Crippen molar-refractivity contribution < 1.29 is 4.39 Å². The molecular weight excluding hydrogens is 389 g/mol. The lowest BCUT2D eigenvalue weighted by atomic mass is 9.93. The van der Waals surface area contributed by atoms with Gasteiger partial charge in [-0.3, -0.25) is 0 Å². The van der Waals surface area contributed by atoms with Crippen molar-refractivity contribution in [2.45, 2.75) is 58.9 Å². The number of hydrogen-bond donors (Lipinski definition) is 2. The number of anilines is 1. The van der Waals surface area contributed by atoms with Crippen LogP contribution in [-0.4, -0.2) is 33.7 Å². The smallest absolute Gasteiger partial charge is 0.165 e. The highest BCUT2D eigenvalue weighted by Crippen LogP contribution is 2.29. The van der Waals surface area contributed by atoms with Gasteiger partial charge in [-0.05, 0) is 61.4 Å². The molecular formula is C25H34FN5. The number of nitrogens with zero attached hydrogens (tertiary/aromatic N) is 3. The zero-order valence-corrected chi connectivity index (χ0v) is 18.9. The van der Waals surface area contributed by atoms with Gasteiger partial charge in [-0.15, -0.1) is 0 Å². The van der Waals surface area contributed by atoms with E-state index in [0.717, 1.165) is 49.3 Å². The summed E-state index contributed by atoms with van der Waals surface area (Å²) in [4.78, 5) is 4.74. The predicted octanol–water partition coefficient (Wildman–Crippen LogP) is 5.31.